The number of fused-ring (bicyclic) bond motifs is 1. The minimum absolute atomic E-state index is 0.0425. The molecular weight excluding hydrogens is 292 g/mol. The second-order valence-electron chi connectivity index (χ2n) is 4.36. The first kappa shape index (κ1) is 13.3. The van der Waals surface area contributed by atoms with Crippen molar-refractivity contribution in [3.63, 3.8) is 0 Å². The highest BCUT2D eigenvalue weighted by molar-refractivity contribution is 7.07. The lowest BCUT2D eigenvalue weighted by molar-refractivity contribution is -0.384. The topological polar surface area (TPSA) is 101 Å². The number of benzene rings is 1. The fraction of sp³-hybridized carbons (Fsp3) is 0.0769. The number of nitro groups is 1. The second kappa shape index (κ2) is 5.33. The van der Waals surface area contributed by atoms with E-state index in [4.69, 9.17) is 0 Å². The van der Waals surface area contributed by atoms with E-state index in [1.54, 1.807) is 23.6 Å². The Bertz CT molecular complexity index is 871. The third kappa shape index (κ3) is 2.90. The maximum Gasteiger partial charge on any atom is 0.304 e. The van der Waals surface area contributed by atoms with Crippen molar-refractivity contribution in [1.82, 2.24) is 9.97 Å². The van der Waals surface area contributed by atoms with Crippen molar-refractivity contribution in [2.45, 2.75) is 6.54 Å². The van der Waals surface area contributed by atoms with Gasteiger partial charge in [-0.2, -0.15) is 0 Å². The van der Waals surface area contributed by atoms with Crippen LogP contribution >= 0.6 is 11.3 Å². The SMILES string of the molecule is O=c1[nH]c(CNc2ccc3cc([N+](=O)[O-])ccc3n2)cs1. The quantitative estimate of drug-likeness (QED) is 0.569. The number of pyridine rings is 1. The summed E-state index contributed by atoms with van der Waals surface area (Å²) in [6.07, 6.45) is 0. The summed E-state index contributed by atoms with van der Waals surface area (Å²) in [7, 11) is 0. The number of H-pyrrole nitrogens is 1. The van der Waals surface area contributed by atoms with Crippen molar-refractivity contribution in [1.29, 1.82) is 0 Å². The molecule has 7 nitrogen and oxygen atoms in total. The highest BCUT2D eigenvalue weighted by Gasteiger charge is 2.07. The van der Waals surface area contributed by atoms with Crippen LogP contribution in [-0.4, -0.2) is 14.9 Å². The molecule has 0 radical (unpaired) electrons. The van der Waals surface area contributed by atoms with Crippen molar-refractivity contribution in [2.75, 3.05) is 5.32 Å². The minimum Gasteiger partial charge on any atom is -0.364 e. The van der Waals surface area contributed by atoms with E-state index in [1.807, 2.05) is 0 Å². The minimum atomic E-state index is -0.432. The summed E-state index contributed by atoms with van der Waals surface area (Å²) in [6.45, 7) is 0.463. The van der Waals surface area contributed by atoms with Crippen LogP contribution < -0.4 is 10.2 Å². The fourth-order valence-electron chi connectivity index (χ4n) is 1.91. The Labute approximate surface area is 122 Å². The van der Waals surface area contributed by atoms with Gasteiger partial charge in [0.1, 0.15) is 5.82 Å². The molecule has 0 amide bonds. The van der Waals surface area contributed by atoms with Crippen molar-refractivity contribution in [3.8, 4) is 0 Å². The largest absolute Gasteiger partial charge is 0.364 e. The molecule has 0 fully saturated rings. The Kier molecular flexibility index (Phi) is 3.36. The molecule has 0 saturated carbocycles. The van der Waals surface area contributed by atoms with Crippen molar-refractivity contribution in [2.24, 2.45) is 0 Å². The Morgan fingerprint density at radius 2 is 2.19 bits per heavy atom. The molecule has 0 atom stereocenters. The third-order valence-electron chi connectivity index (χ3n) is 2.91. The number of nitrogens with one attached hydrogen (secondary N) is 2. The molecule has 0 unspecified atom stereocenters. The van der Waals surface area contributed by atoms with E-state index in [9.17, 15) is 14.9 Å². The highest BCUT2D eigenvalue weighted by Crippen LogP contribution is 2.21. The normalized spacial score (nSPS) is 10.7. The van der Waals surface area contributed by atoms with Crippen molar-refractivity contribution in [3.05, 3.63) is 61.2 Å². The summed E-state index contributed by atoms with van der Waals surface area (Å²) in [4.78, 5) is 28.3. The van der Waals surface area contributed by atoms with E-state index in [2.05, 4.69) is 15.3 Å². The average Bonchev–Trinajstić information content (AvgIpc) is 2.90. The molecule has 2 aromatic heterocycles. The molecule has 0 aliphatic heterocycles. The Morgan fingerprint density at radius 3 is 2.90 bits per heavy atom. The van der Waals surface area contributed by atoms with Gasteiger partial charge in [0.05, 0.1) is 17.0 Å². The summed E-state index contributed by atoms with van der Waals surface area (Å²) in [5, 5.41) is 16.3. The first-order valence-corrected chi connectivity index (χ1v) is 6.95. The molecule has 2 heterocycles. The van der Waals surface area contributed by atoms with Crippen LogP contribution in [0.5, 0.6) is 0 Å². The second-order valence-corrected chi connectivity index (χ2v) is 5.20. The number of nitro benzene ring substituents is 1. The number of thiazole rings is 1. The molecular formula is C13H10N4O3S. The number of hydrogen-bond acceptors (Lipinski definition) is 6. The van der Waals surface area contributed by atoms with Gasteiger partial charge in [-0.15, -0.1) is 0 Å². The van der Waals surface area contributed by atoms with Crippen LogP contribution in [0.3, 0.4) is 0 Å². The van der Waals surface area contributed by atoms with Gasteiger partial charge < -0.3 is 10.3 Å². The van der Waals surface area contributed by atoms with Crippen LogP contribution in [0.2, 0.25) is 0 Å². The maximum atomic E-state index is 11.0. The van der Waals surface area contributed by atoms with Crippen LogP contribution in [0.15, 0.2) is 40.5 Å². The van der Waals surface area contributed by atoms with Gasteiger partial charge in [0.15, 0.2) is 0 Å². The number of aromatic amines is 1. The van der Waals surface area contributed by atoms with Crippen LogP contribution in [-0.2, 0) is 6.54 Å². The smallest absolute Gasteiger partial charge is 0.304 e. The summed E-state index contributed by atoms with van der Waals surface area (Å²) >= 11 is 1.11. The molecule has 106 valence electrons. The lowest BCUT2D eigenvalue weighted by atomic mass is 10.2. The zero-order valence-corrected chi connectivity index (χ0v) is 11.5. The van der Waals surface area contributed by atoms with Gasteiger partial charge in [-0.05, 0) is 18.2 Å². The summed E-state index contributed by atoms with van der Waals surface area (Å²) in [5.74, 6) is 0.642. The molecule has 0 aliphatic carbocycles. The van der Waals surface area contributed by atoms with E-state index in [0.29, 0.717) is 23.3 Å². The van der Waals surface area contributed by atoms with Gasteiger partial charge >= 0.3 is 4.87 Å². The van der Waals surface area contributed by atoms with Gasteiger partial charge in [-0.25, -0.2) is 4.98 Å². The summed E-state index contributed by atoms with van der Waals surface area (Å²) in [5.41, 5.74) is 1.50. The van der Waals surface area contributed by atoms with Gasteiger partial charge in [0, 0.05) is 28.6 Å². The van der Waals surface area contributed by atoms with E-state index < -0.39 is 4.92 Å². The molecule has 1 aromatic carbocycles. The van der Waals surface area contributed by atoms with Crippen molar-refractivity contribution < 1.29 is 4.92 Å². The monoisotopic (exact) mass is 302 g/mol. The lowest BCUT2D eigenvalue weighted by Crippen LogP contribution is -2.04. The standard InChI is InChI=1S/C13H10N4O3S/c18-13-15-9(7-21-13)6-14-12-4-1-8-5-10(17(19)20)2-3-11(8)16-12/h1-5,7H,6H2,(H,14,16)(H,15,18). The van der Waals surface area contributed by atoms with Gasteiger partial charge in [-0.1, -0.05) is 11.3 Å². The first-order valence-electron chi connectivity index (χ1n) is 6.07. The average molecular weight is 302 g/mol. The number of non-ortho nitro benzene ring substituents is 1. The highest BCUT2D eigenvalue weighted by atomic mass is 32.1. The molecule has 8 heteroatoms. The fourth-order valence-corrected chi connectivity index (χ4v) is 2.49. The number of hydrogen-bond donors (Lipinski definition) is 2. The summed E-state index contributed by atoms with van der Waals surface area (Å²) < 4.78 is 0. The number of nitrogens with zero attached hydrogens (tertiary/aromatic N) is 2. The number of anilines is 1. The molecule has 0 aliphatic rings. The van der Waals surface area contributed by atoms with Crippen LogP contribution in [0.25, 0.3) is 10.9 Å². The van der Waals surface area contributed by atoms with E-state index in [0.717, 1.165) is 17.0 Å². The Morgan fingerprint density at radius 1 is 1.33 bits per heavy atom. The third-order valence-corrected chi connectivity index (χ3v) is 3.63. The van der Waals surface area contributed by atoms with Crippen LogP contribution in [0, 0.1) is 10.1 Å². The molecule has 0 bridgehead atoms. The number of rotatable bonds is 4. The van der Waals surface area contributed by atoms with Gasteiger partial charge in [-0.3, -0.25) is 14.9 Å². The molecule has 0 spiro atoms. The molecule has 0 saturated heterocycles. The van der Waals surface area contributed by atoms with Crippen molar-refractivity contribution >= 4 is 33.7 Å². The predicted octanol–water partition coefficient (Wildman–Crippen LogP) is 2.50. The Hall–Kier alpha value is -2.74. The van der Waals surface area contributed by atoms with Gasteiger partial charge in [0.2, 0.25) is 0 Å². The molecule has 21 heavy (non-hydrogen) atoms. The predicted molar refractivity (Wildman–Crippen MR) is 80.7 cm³/mol. The molecule has 3 rings (SSSR count). The van der Waals surface area contributed by atoms with Crippen LogP contribution in [0.1, 0.15) is 5.69 Å². The maximum absolute atomic E-state index is 11.0. The zero-order chi connectivity index (χ0) is 14.8. The summed E-state index contributed by atoms with van der Waals surface area (Å²) in [6, 6.07) is 8.05. The Balaban J connectivity index is 1.82. The molecule has 3 aromatic rings. The lowest BCUT2D eigenvalue weighted by Gasteiger charge is -2.05. The zero-order valence-electron chi connectivity index (χ0n) is 10.7. The van der Waals surface area contributed by atoms with Crippen LogP contribution in [0.4, 0.5) is 11.5 Å². The number of aromatic nitrogens is 2. The van der Waals surface area contributed by atoms with Gasteiger partial charge in [0.25, 0.3) is 5.69 Å². The molecule has 2 N–H and O–H groups in total. The van der Waals surface area contributed by atoms with E-state index >= 15 is 0 Å². The van der Waals surface area contributed by atoms with E-state index in [1.165, 1.54) is 12.1 Å². The van der Waals surface area contributed by atoms with E-state index in [-0.39, 0.29) is 10.6 Å². The first-order chi connectivity index (χ1) is 10.1.